The monoisotopic (exact) mass is 476 g/mol. The molecule has 0 saturated heterocycles. The van der Waals surface area contributed by atoms with Crippen LogP contribution >= 0.6 is 23.5 Å². The lowest BCUT2D eigenvalue weighted by Gasteiger charge is -2.37. The summed E-state index contributed by atoms with van der Waals surface area (Å²) in [5.74, 6) is 1.39. The molecule has 5 nitrogen and oxygen atoms in total. The van der Waals surface area contributed by atoms with Crippen molar-refractivity contribution in [3.63, 3.8) is 0 Å². The van der Waals surface area contributed by atoms with E-state index in [-0.39, 0.29) is 23.5 Å². The van der Waals surface area contributed by atoms with Crippen LogP contribution in [0.25, 0.3) is 11.4 Å². The van der Waals surface area contributed by atoms with E-state index in [1.165, 1.54) is 23.9 Å². The highest BCUT2D eigenvalue weighted by molar-refractivity contribution is 8.00. The predicted molar refractivity (Wildman–Crippen MR) is 131 cm³/mol. The first-order chi connectivity index (χ1) is 16.1. The minimum absolute atomic E-state index is 0.0212. The Labute approximate surface area is 200 Å². The summed E-state index contributed by atoms with van der Waals surface area (Å²) in [6.45, 7) is 0. The summed E-state index contributed by atoms with van der Waals surface area (Å²) in [5, 5.41) is 9.14. The number of carbonyl (C=O) groups excluding carboxylic acids is 1. The molecule has 1 aromatic heterocycles. The van der Waals surface area contributed by atoms with Crippen LogP contribution in [0.3, 0.4) is 0 Å². The minimum Gasteiger partial charge on any atom is -0.305 e. The second kappa shape index (κ2) is 9.41. The first kappa shape index (κ1) is 21.7. The van der Waals surface area contributed by atoms with Crippen LogP contribution in [0.4, 0.5) is 10.1 Å². The molecule has 1 unspecified atom stereocenters. The number of rotatable bonds is 5. The van der Waals surface area contributed by atoms with Crippen molar-refractivity contribution in [3.8, 4) is 11.4 Å². The third-order valence-electron chi connectivity index (χ3n) is 5.55. The van der Waals surface area contributed by atoms with Crippen LogP contribution < -0.4 is 4.90 Å². The molecular formula is C25H21FN4OS2. The van der Waals surface area contributed by atoms with Crippen molar-refractivity contribution in [1.82, 2.24) is 14.8 Å². The van der Waals surface area contributed by atoms with E-state index in [1.807, 2.05) is 52.9 Å². The van der Waals surface area contributed by atoms with Crippen LogP contribution in [0.15, 0.2) is 88.9 Å². The molecule has 1 aliphatic heterocycles. The number of anilines is 1. The number of aromatic nitrogens is 3. The van der Waals surface area contributed by atoms with Crippen LogP contribution in [0.2, 0.25) is 0 Å². The molecule has 0 aliphatic carbocycles. The largest absolute Gasteiger partial charge is 0.305 e. The van der Waals surface area contributed by atoms with Gasteiger partial charge in [0.2, 0.25) is 5.91 Å². The Morgan fingerprint density at radius 1 is 1.03 bits per heavy atom. The maximum Gasteiger partial charge on any atom is 0.238 e. The van der Waals surface area contributed by atoms with E-state index in [2.05, 4.69) is 28.4 Å². The first-order valence-electron chi connectivity index (χ1n) is 10.5. The van der Waals surface area contributed by atoms with Gasteiger partial charge in [-0.1, -0.05) is 54.2 Å². The lowest BCUT2D eigenvalue weighted by molar-refractivity contribution is -0.116. The average Bonchev–Trinajstić information content (AvgIpc) is 3.23. The average molecular weight is 477 g/mol. The smallest absolute Gasteiger partial charge is 0.238 e. The van der Waals surface area contributed by atoms with Crippen molar-refractivity contribution in [2.45, 2.75) is 16.1 Å². The van der Waals surface area contributed by atoms with Gasteiger partial charge in [0, 0.05) is 23.3 Å². The number of benzene rings is 3. The lowest BCUT2D eigenvalue weighted by Crippen LogP contribution is -2.39. The SMILES string of the molecule is Cn1c(SCC(=O)N2c3ccccc3SCC2c2ccccc2)nnc1-c1ccc(F)cc1. The fraction of sp³-hybridized carbons (Fsp3) is 0.160. The first-order valence-corrected chi connectivity index (χ1v) is 12.5. The molecule has 0 spiro atoms. The Morgan fingerprint density at radius 3 is 2.55 bits per heavy atom. The molecule has 33 heavy (non-hydrogen) atoms. The van der Waals surface area contributed by atoms with Crippen molar-refractivity contribution in [2.24, 2.45) is 7.05 Å². The summed E-state index contributed by atoms with van der Waals surface area (Å²) in [5.41, 5.74) is 2.84. The number of hydrogen-bond donors (Lipinski definition) is 0. The number of carbonyl (C=O) groups is 1. The van der Waals surface area contributed by atoms with Crippen molar-refractivity contribution >= 4 is 35.1 Å². The summed E-state index contributed by atoms with van der Waals surface area (Å²) in [4.78, 5) is 16.6. The van der Waals surface area contributed by atoms with Gasteiger partial charge in [0.15, 0.2) is 11.0 Å². The Morgan fingerprint density at radius 2 is 1.76 bits per heavy atom. The molecule has 0 N–H and O–H groups in total. The quantitative estimate of drug-likeness (QED) is 0.351. The molecule has 4 aromatic rings. The second-order valence-corrected chi connectivity index (χ2v) is 9.63. The van der Waals surface area contributed by atoms with Crippen LogP contribution in [-0.2, 0) is 11.8 Å². The highest BCUT2D eigenvalue weighted by Crippen LogP contribution is 2.43. The number of fused-ring (bicyclic) bond motifs is 1. The third kappa shape index (κ3) is 4.41. The van der Waals surface area contributed by atoms with Gasteiger partial charge >= 0.3 is 0 Å². The number of amides is 1. The molecule has 1 atom stereocenters. The van der Waals surface area contributed by atoms with Crippen LogP contribution in [0, 0.1) is 5.82 Å². The molecule has 1 amide bonds. The zero-order valence-corrected chi connectivity index (χ0v) is 19.5. The van der Waals surface area contributed by atoms with Crippen LogP contribution in [0.5, 0.6) is 0 Å². The molecule has 0 radical (unpaired) electrons. The zero-order chi connectivity index (χ0) is 22.8. The molecular weight excluding hydrogens is 455 g/mol. The predicted octanol–water partition coefficient (Wildman–Crippen LogP) is 5.59. The van der Waals surface area contributed by atoms with Gasteiger partial charge < -0.3 is 9.47 Å². The molecule has 0 fully saturated rings. The molecule has 0 saturated carbocycles. The summed E-state index contributed by atoms with van der Waals surface area (Å²) in [6, 6.07) is 24.3. The van der Waals surface area contributed by atoms with Crippen molar-refractivity contribution < 1.29 is 9.18 Å². The Balaban J connectivity index is 1.39. The number of para-hydroxylation sites is 1. The van der Waals surface area contributed by atoms with Gasteiger partial charge in [-0.3, -0.25) is 4.79 Å². The standard InChI is InChI=1S/C25H21FN4OS2/c1-29-24(18-11-13-19(26)14-12-18)27-28-25(29)33-16-23(31)30-20-9-5-6-10-22(20)32-15-21(30)17-7-3-2-4-8-17/h2-14,21H,15-16H2,1H3. The highest BCUT2D eigenvalue weighted by atomic mass is 32.2. The van der Waals surface area contributed by atoms with Gasteiger partial charge in [-0.15, -0.1) is 22.0 Å². The van der Waals surface area contributed by atoms with Gasteiger partial charge in [0.25, 0.3) is 0 Å². The summed E-state index contributed by atoms with van der Waals surface area (Å²) in [6.07, 6.45) is 0. The maximum atomic E-state index is 13.5. The van der Waals surface area contributed by atoms with Crippen molar-refractivity contribution in [3.05, 3.63) is 90.2 Å². The fourth-order valence-corrected chi connectivity index (χ4v) is 5.84. The number of nitrogens with zero attached hydrogens (tertiary/aromatic N) is 4. The van der Waals surface area contributed by atoms with Crippen molar-refractivity contribution in [2.75, 3.05) is 16.4 Å². The normalized spacial score (nSPS) is 15.3. The molecule has 3 aromatic carbocycles. The van der Waals surface area contributed by atoms with E-state index in [0.717, 1.165) is 27.5 Å². The van der Waals surface area contributed by atoms with E-state index in [9.17, 15) is 9.18 Å². The fourth-order valence-electron chi connectivity index (χ4n) is 3.90. The Kier molecular flexibility index (Phi) is 6.20. The van der Waals surface area contributed by atoms with E-state index in [0.29, 0.717) is 11.0 Å². The minimum atomic E-state index is -0.297. The summed E-state index contributed by atoms with van der Waals surface area (Å²) < 4.78 is 15.1. The number of halogens is 1. The van der Waals surface area contributed by atoms with E-state index < -0.39 is 0 Å². The van der Waals surface area contributed by atoms with E-state index in [1.54, 1.807) is 23.9 Å². The van der Waals surface area contributed by atoms with E-state index >= 15 is 0 Å². The summed E-state index contributed by atoms with van der Waals surface area (Å²) >= 11 is 3.13. The number of hydrogen-bond acceptors (Lipinski definition) is 5. The maximum absolute atomic E-state index is 13.5. The van der Waals surface area contributed by atoms with E-state index in [4.69, 9.17) is 0 Å². The molecule has 1 aliphatic rings. The second-order valence-electron chi connectivity index (χ2n) is 7.63. The van der Waals surface area contributed by atoms with Gasteiger partial charge in [0.1, 0.15) is 5.82 Å². The molecule has 166 valence electrons. The third-order valence-corrected chi connectivity index (χ3v) is 7.69. The molecule has 2 heterocycles. The highest BCUT2D eigenvalue weighted by Gasteiger charge is 2.32. The van der Waals surface area contributed by atoms with Crippen LogP contribution in [-0.4, -0.2) is 32.2 Å². The van der Waals surface area contributed by atoms with Gasteiger partial charge in [-0.25, -0.2) is 4.39 Å². The zero-order valence-electron chi connectivity index (χ0n) is 17.9. The Hall–Kier alpha value is -3.10. The van der Waals surface area contributed by atoms with Gasteiger partial charge in [-0.05, 0) is 42.0 Å². The van der Waals surface area contributed by atoms with Crippen molar-refractivity contribution in [1.29, 1.82) is 0 Å². The molecule has 0 bridgehead atoms. The topological polar surface area (TPSA) is 51.0 Å². The van der Waals surface area contributed by atoms with Gasteiger partial charge in [0.05, 0.1) is 17.5 Å². The molecule has 8 heteroatoms. The Bertz CT molecular complexity index is 1280. The number of thioether (sulfide) groups is 2. The van der Waals surface area contributed by atoms with Gasteiger partial charge in [-0.2, -0.15) is 0 Å². The van der Waals surface area contributed by atoms with Crippen LogP contribution in [0.1, 0.15) is 11.6 Å². The lowest BCUT2D eigenvalue weighted by atomic mass is 10.1. The summed E-state index contributed by atoms with van der Waals surface area (Å²) in [7, 11) is 1.85. The molecule has 5 rings (SSSR count).